The van der Waals surface area contributed by atoms with Gasteiger partial charge in [-0.05, 0) is 81.0 Å². The smallest absolute Gasteiger partial charge is 0.116 e. The van der Waals surface area contributed by atoms with Crippen LogP contribution in [0.3, 0.4) is 0 Å². The van der Waals surface area contributed by atoms with Crippen LogP contribution in [0, 0.1) is 0 Å². The molecule has 1 unspecified atom stereocenters. The standard InChI is InChI=1S/C18H22BrNOS/c1-20(2)10-3-9-18(21)15-8-11-22-17(15)7-5-13-4-6-14(19)12-16(13)18/h4,6,8,11-12,21H,3,5,7,9-10H2,1-2H3. The molecule has 1 heterocycles. The predicted molar refractivity (Wildman–Crippen MR) is 96.7 cm³/mol. The van der Waals surface area contributed by atoms with Crippen molar-refractivity contribution in [2.45, 2.75) is 31.3 Å². The average Bonchev–Trinajstić information content (AvgIpc) is 2.90. The molecule has 4 heteroatoms. The van der Waals surface area contributed by atoms with E-state index in [9.17, 15) is 5.11 Å². The van der Waals surface area contributed by atoms with Gasteiger partial charge in [-0.1, -0.05) is 22.0 Å². The second kappa shape index (κ2) is 6.44. The van der Waals surface area contributed by atoms with Crippen molar-refractivity contribution in [3.63, 3.8) is 0 Å². The van der Waals surface area contributed by atoms with Crippen LogP contribution in [-0.4, -0.2) is 30.6 Å². The van der Waals surface area contributed by atoms with Gasteiger partial charge in [-0.3, -0.25) is 0 Å². The minimum absolute atomic E-state index is 0.762. The second-order valence-electron chi connectivity index (χ2n) is 6.33. The molecule has 0 saturated carbocycles. The Balaban J connectivity index is 2.05. The molecule has 1 aromatic carbocycles. The van der Waals surface area contributed by atoms with E-state index in [1.54, 1.807) is 11.3 Å². The first-order valence-corrected chi connectivity index (χ1v) is 9.41. The van der Waals surface area contributed by atoms with Crippen molar-refractivity contribution in [3.05, 3.63) is 55.7 Å². The van der Waals surface area contributed by atoms with Crippen molar-refractivity contribution < 1.29 is 5.11 Å². The van der Waals surface area contributed by atoms with E-state index in [1.165, 1.54) is 10.4 Å². The molecule has 0 radical (unpaired) electrons. The van der Waals surface area contributed by atoms with Gasteiger partial charge in [0.2, 0.25) is 0 Å². The minimum atomic E-state index is -0.860. The van der Waals surface area contributed by atoms with Gasteiger partial charge in [0.25, 0.3) is 0 Å². The molecule has 0 saturated heterocycles. The Kier molecular flexibility index (Phi) is 4.74. The predicted octanol–water partition coefficient (Wildman–Crippen LogP) is 4.19. The highest BCUT2D eigenvalue weighted by Crippen LogP contribution is 2.43. The average molecular weight is 380 g/mol. The summed E-state index contributed by atoms with van der Waals surface area (Å²) in [6.07, 6.45) is 3.77. The summed E-state index contributed by atoms with van der Waals surface area (Å²) in [7, 11) is 4.16. The number of fused-ring (bicyclic) bond motifs is 2. The highest BCUT2D eigenvalue weighted by Gasteiger charge is 2.37. The van der Waals surface area contributed by atoms with Crippen LogP contribution in [0.4, 0.5) is 0 Å². The van der Waals surface area contributed by atoms with Gasteiger partial charge in [0, 0.05) is 14.9 Å². The van der Waals surface area contributed by atoms with Crippen LogP contribution in [0.1, 0.15) is 34.4 Å². The zero-order valence-corrected chi connectivity index (χ0v) is 15.5. The second-order valence-corrected chi connectivity index (χ2v) is 8.24. The number of hydrogen-bond donors (Lipinski definition) is 1. The van der Waals surface area contributed by atoms with Crippen molar-refractivity contribution in [1.29, 1.82) is 0 Å². The highest BCUT2D eigenvalue weighted by atomic mass is 79.9. The molecule has 118 valence electrons. The van der Waals surface area contributed by atoms with Crippen LogP contribution >= 0.6 is 27.3 Å². The SMILES string of the molecule is CN(C)CCCC1(O)c2cc(Br)ccc2CCc2sccc21. The first-order valence-electron chi connectivity index (χ1n) is 7.73. The number of thiophene rings is 1. The van der Waals surface area contributed by atoms with Crippen LogP contribution in [0.15, 0.2) is 34.1 Å². The molecule has 3 rings (SSSR count). The highest BCUT2D eigenvalue weighted by molar-refractivity contribution is 9.10. The zero-order chi connectivity index (χ0) is 15.7. The molecule has 2 aromatic rings. The molecule has 1 aliphatic carbocycles. The third-order valence-corrected chi connectivity index (χ3v) is 5.95. The summed E-state index contributed by atoms with van der Waals surface area (Å²) in [6, 6.07) is 8.47. The largest absolute Gasteiger partial charge is 0.380 e. The summed E-state index contributed by atoms with van der Waals surface area (Å²) in [5, 5.41) is 13.8. The van der Waals surface area contributed by atoms with Gasteiger partial charge in [-0.15, -0.1) is 11.3 Å². The summed E-state index contributed by atoms with van der Waals surface area (Å²) >= 11 is 5.35. The third kappa shape index (κ3) is 3.02. The maximum atomic E-state index is 11.6. The van der Waals surface area contributed by atoms with Crippen molar-refractivity contribution >= 4 is 27.3 Å². The Morgan fingerprint density at radius 2 is 2.05 bits per heavy atom. The van der Waals surface area contributed by atoms with Gasteiger partial charge in [-0.25, -0.2) is 0 Å². The van der Waals surface area contributed by atoms with E-state index in [-0.39, 0.29) is 0 Å². The molecule has 0 bridgehead atoms. The summed E-state index contributed by atoms with van der Waals surface area (Å²) in [5.41, 5.74) is 2.62. The number of rotatable bonds is 4. The first-order chi connectivity index (χ1) is 10.5. The zero-order valence-electron chi connectivity index (χ0n) is 13.1. The molecular weight excluding hydrogens is 358 g/mol. The fraction of sp³-hybridized carbons (Fsp3) is 0.444. The van der Waals surface area contributed by atoms with Gasteiger partial charge in [-0.2, -0.15) is 0 Å². The Labute approximate surface area is 144 Å². The van der Waals surface area contributed by atoms with Crippen molar-refractivity contribution in [3.8, 4) is 0 Å². The van der Waals surface area contributed by atoms with Crippen LogP contribution in [-0.2, 0) is 18.4 Å². The molecule has 1 aromatic heterocycles. The van der Waals surface area contributed by atoms with Crippen molar-refractivity contribution in [1.82, 2.24) is 4.90 Å². The number of aryl methyl sites for hydroxylation is 2. The fourth-order valence-corrected chi connectivity index (χ4v) is 4.68. The van der Waals surface area contributed by atoms with Gasteiger partial charge in [0.05, 0.1) is 0 Å². The normalized spacial score (nSPS) is 20.6. The van der Waals surface area contributed by atoms with E-state index in [4.69, 9.17) is 0 Å². The van der Waals surface area contributed by atoms with Crippen LogP contribution in [0.25, 0.3) is 0 Å². The summed E-state index contributed by atoms with van der Waals surface area (Å²) in [4.78, 5) is 3.51. The molecule has 0 fully saturated rings. The summed E-state index contributed by atoms with van der Waals surface area (Å²) in [6.45, 7) is 0.991. The molecule has 1 N–H and O–H groups in total. The van der Waals surface area contributed by atoms with Gasteiger partial charge in [0.15, 0.2) is 0 Å². The molecule has 1 aliphatic rings. The molecular formula is C18H22BrNOS. The monoisotopic (exact) mass is 379 g/mol. The Morgan fingerprint density at radius 3 is 2.82 bits per heavy atom. The number of halogens is 1. The first kappa shape index (κ1) is 16.2. The number of benzene rings is 1. The topological polar surface area (TPSA) is 23.5 Å². The summed E-state index contributed by atoms with van der Waals surface area (Å²) in [5.74, 6) is 0. The van der Waals surface area contributed by atoms with E-state index in [2.05, 4.69) is 64.6 Å². The van der Waals surface area contributed by atoms with E-state index in [0.29, 0.717) is 0 Å². The molecule has 0 aliphatic heterocycles. The number of nitrogens with zero attached hydrogens (tertiary/aromatic N) is 1. The van der Waals surface area contributed by atoms with Crippen LogP contribution in [0.2, 0.25) is 0 Å². The van der Waals surface area contributed by atoms with Crippen LogP contribution < -0.4 is 0 Å². The number of aliphatic hydroxyl groups is 1. The summed E-state index contributed by atoms with van der Waals surface area (Å²) < 4.78 is 1.04. The lowest BCUT2D eigenvalue weighted by atomic mass is 9.82. The molecule has 0 spiro atoms. The number of hydrogen-bond acceptors (Lipinski definition) is 3. The van der Waals surface area contributed by atoms with E-state index in [1.807, 2.05) is 0 Å². The quantitative estimate of drug-likeness (QED) is 0.860. The lowest BCUT2D eigenvalue weighted by Crippen LogP contribution is -2.29. The molecule has 22 heavy (non-hydrogen) atoms. The van der Waals surface area contributed by atoms with Gasteiger partial charge in [0.1, 0.15) is 5.60 Å². The van der Waals surface area contributed by atoms with E-state index >= 15 is 0 Å². The van der Waals surface area contributed by atoms with Gasteiger partial charge >= 0.3 is 0 Å². The lowest BCUT2D eigenvalue weighted by molar-refractivity contribution is 0.0663. The maximum absolute atomic E-state index is 11.6. The minimum Gasteiger partial charge on any atom is -0.380 e. The molecule has 2 nitrogen and oxygen atoms in total. The molecule has 1 atom stereocenters. The van der Waals surface area contributed by atoms with Gasteiger partial charge < -0.3 is 10.0 Å². The fourth-order valence-electron chi connectivity index (χ4n) is 3.37. The van der Waals surface area contributed by atoms with Crippen molar-refractivity contribution in [2.75, 3.05) is 20.6 Å². The van der Waals surface area contributed by atoms with Crippen LogP contribution in [0.5, 0.6) is 0 Å². The third-order valence-electron chi connectivity index (χ3n) is 4.47. The Hall–Kier alpha value is -0.680. The maximum Gasteiger partial charge on any atom is 0.116 e. The lowest BCUT2D eigenvalue weighted by Gasteiger charge is -2.30. The molecule has 0 amide bonds. The van der Waals surface area contributed by atoms with E-state index < -0.39 is 5.60 Å². The van der Waals surface area contributed by atoms with E-state index in [0.717, 1.165) is 47.8 Å². The Bertz CT molecular complexity index is 667. The van der Waals surface area contributed by atoms with Crippen molar-refractivity contribution in [2.24, 2.45) is 0 Å². The Morgan fingerprint density at radius 1 is 1.23 bits per heavy atom.